The summed E-state index contributed by atoms with van der Waals surface area (Å²) in [7, 11) is 0. The summed E-state index contributed by atoms with van der Waals surface area (Å²) < 4.78 is 5.53. The van der Waals surface area contributed by atoms with Gasteiger partial charge in [-0.1, -0.05) is 46.0 Å². The van der Waals surface area contributed by atoms with E-state index in [0.717, 1.165) is 19.6 Å². The second-order valence-corrected chi connectivity index (χ2v) is 4.90. The van der Waals surface area contributed by atoms with Gasteiger partial charge in [-0.25, -0.2) is 0 Å². The molecule has 0 fully saturated rings. The summed E-state index contributed by atoms with van der Waals surface area (Å²) in [6.07, 6.45) is 15.2. The molecule has 0 atom stereocenters. The number of hydrogen-bond donors (Lipinski definition) is 0. The molecule has 1 heteroatoms. The number of ether oxygens (including phenoxy) is 1. The van der Waals surface area contributed by atoms with Gasteiger partial charge in [0.05, 0.1) is 0 Å². The Morgan fingerprint density at radius 1 is 0.938 bits per heavy atom. The molecule has 0 aromatic carbocycles. The van der Waals surface area contributed by atoms with Crippen molar-refractivity contribution in [1.29, 1.82) is 0 Å². The van der Waals surface area contributed by atoms with Crippen molar-refractivity contribution in [2.75, 3.05) is 13.2 Å². The van der Waals surface area contributed by atoms with Gasteiger partial charge in [0.15, 0.2) is 0 Å². The lowest BCUT2D eigenvalue weighted by Crippen LogP contribution is -2.02. The van der Waals surface area contributed by atoms with Crippen LogP contribution in [-0.2, 0) is 4.74 Å². The van der Waals surface area contributed by atoms with Gasteiger partial charge in [0.25, 0.3) is 0 Å². The van der Waals surface area contributed by atoms with Crippen molar-refractivity contribution < 1.29 is 4.74 Å². The van der Waals surface area contributed by atoms with Gasteiger partial charge in [0.1, 0.15) is 0 Å². The van der Waals surface area contributed by atoms with Crippen molar-refractivity contribution in [3.05, 3.63) is 0 Å². The van der Waals surface area contributed by atoms with Gasteiger partial charge in [0.2, 0.25) is 0 Å². The van der Waals surface area contributed by atoms with Crippen molar-refractivity contribution in [3.8, 4) is 12.3 Å². The lowest BCUT2D eigenvalue weighted by molar-refractivity contribution is 0.106. The quantitative estimate of drug-likeness (QED) is 0.373. The smallest absolute Gasteiger partial charge is 0.0488 e. The number of rotatable bonds is 11. The molecule has 0 heterocycles. The van der Waals surface area contributed by atoms with E-state index in [4.69, 9.17) is 11.2 Å². The van der Waals surface area contributed by atoms with Crippen LogP contribution in [0.3, 0.4) is 0 Å². The largest absolute Gasteiger partial charge is 0.381 e. The first-order chi connectivity index (χ1) is 7.77. The Kier molecular flexibility index (Phi) is 12.2. The van der Waals surface area contributed by atoms with Crippen molar-refractivity contribution in [2.45, 2.75) is 65.2 Å². The Hall–Kier alpha value is -0.480. The molecule has 0 N–H and O–H groups in total. The fourth-order valence-corrected chi connectivity index (χ4v) is 1.63. The highest BCUT2D eigenvalue weighted by molar-refractivity contribution is 4.82. The predicted octanol–water partition coefficient (Wildman–Crippen LogP) is 4.41. The molecule has 0 aliphatic heterocycles. The molecule has 1 nitrogen and oxygen atoms in total. The first-order valence-corrected chi connectivity index (χ1v) is 6.78. The normalized spacial score (nSPS) is 10.6. The zero-order valence-electron chi connectivity index (χ0n) is 11.1. The Balaban J connectivity index is 2.91. The summed E-state index contributed by atoms with van der Waals surface area (Å²) in [5.41, 5.74) is 0. The van der Waals surface area contributed by atoms with E-state index in [1.54, 1.807) is 0 Å². The fourth-order valence-electron chi connectivity index (χ4n) is 1.63. The Morgan fingerprint density at radius 2 is 1.50 bits per heavy atom. The van der Waals surface area contributed by atoms with Crippen molar-refractivity contribution >= 4 is 0 Å². The van der Waals surface area contributed by atoms with E-state index in [0.29, 0.717) is 5.92 Å². The molecule has 0 spiro atoms. The molecule has 0 amide bonds. The highest BCUT2D eigenvalue weighted by Crippen LogP contribution is 2.08. The summed E-state index contributed by atoms with van der Waals surface area (Å²) in [6, 6.07) is 0. The average Bonchev–Trinajstić information content (AvgIpc) is 2.25. The number of terminal acetylenes is 1. The van der Waals surface area contributed by atoms with Gasteiger partial charge in [-0.05, 0) is 18.8 Å². The molecular weight excluding hydrogens is 196 g/mol. The molecule has 0 unspecified atom stereocenters. The molecule has 94 valence electrons. The minimum Gasteiger partial charge on any atom is -0.381 e. The van der Waals surface area contributed by atoms with Crippen LogP contribution < -0.4 is 0 Å². The van der Waals surface area contributed by atoms with Gasteiger partial charge in [0, 0.05) is 19.6 Å². The van der Waals surface area contributed by atoms with Gasteiger partial charge >= 0.3 is 0 Å². The van der Waals surface area contributed by atoms with Crippen LogP contribution in [0.25, 0.3) is 0 Å². The minimum atomic E-state index is 0.663. The van der Waals surface area contributed by atoms with Crippen LogP contribution >= 0.6 is 0 Å². The summed E-state index contributed by atoms with van der Waals surface area (Å²) >= 11 is 0. The summed E-state index contributed by atoms with van der Waals surface area (Å²) in [6.45, 7) is 6.23. The van der Waals surface area contributed by atoms with Crippen molar-refractivity contribution in [2.24, 2.45) is 5.92 Å². The molecule has 0 saturated heterocycles. The maximum absolute atomic E-state index is 5.53. The highest BCUT2D eigenvalue weighted by Gasteiger charge is 1.94. The van der Waals surface area contributed by atoms with E-state index in [1.807, 2.05) is 0 Å². The molecule has 0 saturated carbocycles. The maximum Gasteiger partial charge on any atom is 0.0488 e. The minimum absolute atomic E-state index is 0.663. The van der Waals surface area contributed by atoms with E-state index in [9.17, 15) is 0 Å². The molecule has 0 radical (unpaired) electrons. The van der Waals surface area contributed by atoms with Crippen LogP contribution in [0, 0.1) is 18.3 Å². The topological polar surface area (TPSA) is 9.23 Å². The van der Waals surface area contributed by atoms with Crippen LogP contribution in [0.15, 0.2) is 0 Å². The maximum atomic E-state index is 5.53. The third-order valence-corrected chi connectivity index (χ3v) is 2.56. The monoisotopic (exact) mass is 224 g/mol. The van der Waals surface area contributed by atoms with Crippen molar-refractivity contribution in [3.63, 3.8) is 0 Å². The molecule has 0 bridgehead atoms. The molecular formula is C15H28O. The van der Waals surface area contributed by atoms with E-state index >= 15 is 0 Å². The second kappa shape index (κ2) is 12.6. The van der Waals surface area contributed by atoms with E-state index in [2.05, 4.69) is 19.8 Å². The lowest BCUT2D eigenvalue weighted by atomic mass is 10.1. The zero-order chi connectivity index (χ0) is 12.1. The summed E-state index contributed by atoms with van der Waals surface area (Å²) in [5.74, 6) is 3.35. The zero-order valence-corrected chi connectivity index (χ0v) is 11.1. The SMILES string of the molecule is C#CCCCCCCCCCOCC(C)C. The van der Waals surface area contributed by atoms with E-state index in [-0.39, 0.29) is 0 Å². The number of hydrogen-bond acceptors (Lipinski definition) is 1. The van der Waals surface area contributed by atoms with Crippen LogP contribution in [0.1, 0.15) is 65.2 Å². The Morgan fingerprint density at radius 3 is 2.06 bits per heavy atom. The summed E-state index contributed by atoms with van der Waals surface area (Å²) in [4.78, 5) is 0. The third-order valence-electron chi connectivity index (χ3n) is 2.56. The lowest BCUT2D eigenvalue weighted by Gasteiger charge is -2.06. The standard InChI is InChI=1S/C15H28O/c1-4-5-6-7-8-9-10-11-12-13-16-14-15(2)3/h1,15H,5-14H2,2-3H3. The van der Waals surface area contributed by atoms with Crippen LogP contribution in [0.2, 0.25) is 0 Å². The van der Waals surface area contributed by atoms with E-state index in [1.165, 1.54) is 44.9 Å². The van der Waals surface area contributed by atoms with Crippen LogP contribution in [0.5, 0.6) is 0 Å². The van der Waals surface area contributed by atoms with Gasteiger partial charge < -0.3 is 4.74 Å². The van der Waals surface area contributed by atoms with Crippen molar-refractivity contribution in [1.82, 2.24) is 0 Å². The third kappa shape index (κ3) is 13.5. The highest BCUT2D eigenvalue weighted by atomic mass is 16.5. The number of unbranched alkanes of at least 4 members (excludes halogenated alkanes) is 7. The first kappa shape index (κ1) is 15.5. The van der Waals surface area contributed by atoms with Crippen LogP contribution in [-0.4, -0.2) is 13.2 Å². The fraction of sp³-hybridized carbons (Fsp3) is 0.867. The average molecular weight is 224 g/mol. The van der Waals surface area contributed by atoms with Gasteiger partial charge in [-0.3, -0.25) is 0 Å². The van der Waals surface area contributed by atoms with E-state index < -0.39 is 0 Å². The Bertz CT molecular complexity index is 167. The molecule has 0 rings (SSSR count). The molecule has 0 aromatic heterocycles. The van der Waals surface area contributed by atoms with Gasteiger partial charge in [-0.2, -0.15) is 0 Å². The van der Waals surface area contributed by atoms with Crippen LogP contribution in [0.4, 0.5) is 0 Å². The molecule has 0 aromatic rings. The predicted molar refractivity (Wildman–Crippen MR) is 71.4 cm³/mol. The Labute approximate surface area is 102 Å². The molecule has 16 heavy (non-hydrogen) atoms. The van der Waals surface area contributed by atoms with Gasteiger partial charge in [-0.15, -0.1) is 12.3 Å². The molecule has 0 aliphatic rings. The molecule has 0 aliphatic carbocycles. The summed E-state index contributed by atoms with van der Waals surface area (Å²) in [5, 5.41) is 0. The second-order valence-electron chi connectivity index (χ2n) is 4.90. The first-order valence-electron chi connectivity index (χ1n) is 6.78.